The summed E-state index contributed by atoms with van der Waals surface area (Å²) in [5.74, 6) is 7.21. The zero-order chi connectivity index (χ0) is 18.8. The first-order valence-corrected chi connectivity index (χ1v) is 7.61. The molecule has 0 aliphatic heterocycles. The number of rotatable bonds is 3. The second kappa shape index (κ2) is 6.68. The maximum Gasteiger partial charge on any atom is 0.349 e. The number of benzene rings is 1. The highest BCUT2D eigenvalue weighted by Gasteiger charge is 2.13. The Bertz CT molecular complexity index is 1140. The summed E-state index contributed by atoms with van der Waals surface area (Å²) in [4.78, 5) is 33.3. The van der Waals surface area contributed by atoms with E-state index in [0.29, 0.717) is 17.1 Å². The molecule has 0 aliphatic carbocycles. The van der Waals surface area contributed by atoms with Crippen LogP contribution in [0.1, 0.15) is 11.4 Å². The summed E-state index contributed by atoms with van der Waals surface area (Å²) in [6.07, 6.45) is 0. The van der Waals surface area contributed by atoms with Gasteiger partial charge in [-0.05, 0) is 24.1 Å². The third kappa shape index (κ3) is 3.00. The van der Waals surface area contributed by atoms with E-state index in [2.05, 4.69) is 26.8 Å². The zero-order valence-corrected chi connectivity index (χ0v) is 14.7. The normalized spacial score (nSPS) is 10.3. The van der Waals surface area contributed by atoms with Crippen LogP contribution in [-0.2, 0) is 0 Å². The second-order valence-corrected chi connectivity index (χ2v) is 5.52. The maximum absolute atomic E-state index is 12.0. The Hall–Kier alpha value is -3.67. The molecular formula is C17H17N5O4. The number of aromatic nitrogens is 4. The zero-order valence-electron chi connectivity index (χ0n) is 14.7. The quantitative estimate of drug-likeness (QED) is 0.642. The third-order valence-electron chi connectivity index (χ3n) is 3.63. The number of hydrogen-bond acceptors (Lipinski definition) is 6. The standard InChI is InChI=1S/C17H17N5O4/c1-21(2)22-15-14(16(23)20-17(22)24)18-13(19-15)8-6-10-5-7-11(25-3)12(9-10)26-4/h5,7,9H,1-4H3,(H,18,19)(H,20,23,24). The van der Waals surface area contributed by atoms with E-state index in [1.807, 2.05) is 0 Å². The van der Waals surface area contributed by atoms with E-state index in [1.165, 1.54) is 9.69 Å². The third-order valence-corrected chi connectivity index (χ3v) is 3.63. The van der Waals surface area contributed by atoms with E-state index in [-0.39, 0.29) is 17.0 Å². The fourth-order valence-electron chi connectivity index (χ4n) is 2.46. The van der Waals surface area contributed by atoms with Gasteiger partial charge < -0.3 is 19.5 Å². The van der Waals surface area contributed by atoms with Gasteiger partial charge >= 0.3 is 5.69 Å². The van der Waals surface area contributed by atoms with Crippen molar-refractivity contribution in [2.75, 3.05) is 33.3 Å². The van der Waals surface area contributed by atoms with E-state index >= 15 is 0 Å². The van der Waals surface area contributed by atoms with Crippen molar-refractivity contribution in [2.24, 2.45) is 0 Å². The van der Waals surface area contributed by atoms with E-state index in [0.717, 1.165) is 0 Å². The fourth-order valence-corrected chi connectivity index (χ4v) is 2.46. The van der Waals surface area contributed by atoms with Gasteiger partial charge in [0.05, 0.1) is 14.2 Å². The van der Waals surface area contributed by atoms with Crippen LogP contribution >= 0.6 is 0 Å². The fraction of sp³-hybridized carbons (Fsp3) is 0.235. The average molecular weight is 355 g/mol. The number of methoxy groups -OCH3 is 2. The predicted molar refractivity (Wildman–Crippen MR) is 96.6 cm³/mol. The summed E-state index contributed by atoms with van der Waals surface area (Å²) in [5, 5.41) is 1.52. The molecule has 9 heteroatoms. The average Bonchev–Trinajstić information content (AvgIpc) is 3.03. The van der Waals surface area contributed by atoms with Crippen molar-refractivity contribution in [3.05, 3.63) is 50.4 Å². The molecule has 0 saturated heterocycles. The summed E-state index contributed by atoms with van der Waals surface area (Å²) < 4.78 is 11.7. The molecule has 0 radical (unpaired) electrons. The molecule has 2 aromatic heterocycles. The molecule has 0 bridgehead atoms. The minimum Gasteiger partial charge on any atom is -0.493 e. The number of hydrogen-bond donors (Lipinski definition) is 2. The molecule has 134 valence electrons. The second-order valence-electron chi connectivity index (χ2n) is 5.52. The van der Waals surface area contributed by atoms with Gasteiger partial charge in [0.1, 0.15) is 0 Å². The molecule has 3 rings (SSSR count). The summed E-state index contributed by atoms with van der Waals surface area (Å²) >= 11 is 0. The van der Waals surface area contributed by atoms with Gasteiger partial charge in [-0.3, -0.25) is 9.78 Å². The van der Waals surface area contributed by atoms with Crippen LogP contribution < -0.4 is 25.7 Å². The van der Waals surface area contributed by atoms with Gasteiger partial charge in [0.2, 0.25) is 0 Å². The molecule has 2 N–H and O–H groups in total. The number of nitrogens with one attached hydrogen (secondary N) is 2. The summed E-state index contributed by atoms with van der Waals surface area (Å²) in [6, 6.07) is 5.26. The van der Waals surface area contributed by atoms with Gasteiger partial charge in [-0.1, -0.05) is 5.92 Å². The van der Waals surface area contributed by atoms with Crippen LogP contribution in [0.15, 0.2) is 27.8 Å². The number of H-pyrrole nitrogens is 2. The van der Waals surface area contributed by atoms with Crippen molar-refractivity contribution in [1.82, 2.24) is 19.6 Å². The lowest BCUT2D eigenvalue weighted by atomic mass is 10.2. The first kappa shape index (κ1) is 17.2. The van der Waals surface area contributed by atoms with Crippen molar-refractivity contribution in [3.8, 4) is 23.3 Å². The molecule has 0 spiro atoms. The first-order chi connectivity index (χ1) is 12.4. The minimum atomic E-state index is -0.571. The Morgan fingerprint density at radius 3 is 2.46 bits per heavy atom. The van der Waals surface area contributed by atoms with Crippen LogP contribution in [0.2, 0.25) is 0 Å². The van der Waals surface area contributed by atoms with Crippen molar-refractivity contribution in [3.63, 3.8) is 0 Å². The Kier molecular flexibility index (Phi) is 4.41. The van der Waals surface area contributed by atoms with Crippen LogP contribution in [0.4, 0.5) is 0 Å². The Morgan fingerprint density at radius 1 is 1.08 bits per heavy atom. The Balaban J connectivity index is 2.08. The monoisotopic (exact) mass is 355 g/mol. The minimum absolute atomic E-state index is 0.176. The van der Waals surface area contributed by atoms with Gasteiger partial charge in [0.25, 0.3) is 5.56 Å². The number of ether oxygens (including phenoxy) is 2. The molecule has 0 atom stereocenters. The molecular weight excluding hydrogens is 338 g/mol. The first-order valence-electron chi connectivity index (χ1n) is 7.61. The number of imidazole rings is 1. The van der Waals surface area contributed by atoms with Crippen molar-refractivity contribution >= 4 is 11.2 Å². The lowest BCUT2D eigenvalue weighted by Crippen LogP contribution is -2.40. The van der Waals surface area contributed by atoms with Crippen LogP contribution in [0.3, 0.4) is 0 Å². The highest BCUT2D eigenvalue weighted by atomic mass is 16.5. The van der Waals surface area contributed by atoms with Crippen molar-refractivity contribution in [2.45, 2.75) is 0 Å². The van der Waals surface area contributed by atoms with Crippen molar-refractivity contribution < 1.29 is 9.47 Å². The summed E-state index contributed by atoms with van der Waals surface area (Å²) in [5.41, 5.74) is -0.0505. The number of aromatic amines is 2. The molecule has 26 heavy (non-hydrogen) atoms. The predicted octanol–water partition coefficient (Wildman–Crippen LogP) is 0.0275. The van der Waals surface area contributed by atoms with Crippen LogP contribution in [0.25, 0.3) is 11.2 Å². The molecule has 0 saturated carbocycles. The molecule has 0 unspecified atom stereocenters. The van der Waals surface area contributed by atoms with E-state index in [4.69, 9.17) is 9.47 Å². The van der Waals surface area contributed by atoms with Gasteiger partial charge in [-0.15, -0.1) is 0 Å². The molecule has 0 aliphatic rings. The molecule has 2 heterocycles. The van der Waals surface area contributed by atoms with E-state index in [9.17, 15) is 9.59 Å². The maximum atomic E-state index is 12.0. The lowest BCUT2D eigenvalue weighted by molar-refractivity contribution is 0.355. The van der Waals surface area contributed by atoms with Crippen LogP contribution in [-0.4, -0.2) is 47.9 Å². The molecule has 9 nitrogen and oxygen atoms in total. The van der Waals surface area contributed by atoms with Gasteiger partial charge in [-0.2, -0.15) is 4.68 Å². The van der Waals surface area contributed by atoms with E-state index in [1.54, 1.807) is 46.5 Å². The summed E-state index contributed by atoms with van der Waals surface area (Å²) in [7, 11) is 6.44. The largest absolute Gasteiger partial charge is 0.493 e. The van der Waals surface area contributed by atoms with Gasteiger partial charge in [0.15, 0.2) is 28.5 Å². The Morgan fingerprint density at radius 2 is 1.81 bits per heavy atom. The van der Waals surface area contributed by atoms with E-state index < -0.39 is 11.2 Å². The lowest BCUT2D eigenvalue weighted by Gasteiger charge is -2.14. The molecule has 0 fully saturated rings. The van der Waals surface area contributed by atoms with Gasteiger partial charge in [0, 0.05) is 19.7 Å². The highest BCUT2D eigenvalue weighted by molar-refractivity contribution is 5.71. The molecule has 1 aromatic carbocycles. The van der Waals surface area contributed by atoms with Crippen LogP contribution in [0.5, 0.6) is 11.5 Å². The Labute approximate surface area is 148 Å². The molecule has 3 aromatic rings. The molecule has 0 amide bonds. The van der Waals surface area contributed by atoms with Crippen LogP contribution in [0, 0.1) is 11.8 Å². The summed E-state index contributed by atoms with van der Waals surface area (Å²) in [6.45, 7) is 0. The van der Waals surface area contributed by atoms with Crippen molar-refractivity contribution in [1.29, 1.82) is 0 Å². The topological polar surface area (TPSA) is 105 Å². The number of fused-ring (bicyclic) bond motifs is 1. The number of nitrogens with zero attached hydrogens (tertiary/aromatic N) is 3. The smallest absolute Gasteiger partial charge is 0.349 e. The van der Waals surface area contributed by atoms with Gasteiger partial charge in [-0.25, -0.2) is 9.78 Å². The SMILES string of the molecule is COc1ccc(C#Cc2nc3c([nH]2)c(=O)[nH]c(=O)n3N(C)C)cc1OC. The highest BCUT2D eigenvalue weighted by Crippen LogP contribution is 2.27.